The van der Waals surface area contributed by atoms with Crippen LogP contribution in [-0.2, 0) is 33.2 Å². The van der Waals surface area contributed by atoms with Crippen LogP contribution in [0.5, 0.6) is 0 Å². The van der Waals surface area contributed by atoms with Gasteiger partial charge in [0.25, 0.3) is 0 Å². The third-order valence-corrected chi connectivity index (χ3v) is 16.3. The summed E-state index contributed by atoms with van der Waals surface area (Å²) in [6.45, 7) is 1.59. The lowest BCUT2D eigenvalue weighted by Gasteiger charge is -2.48. The number of rotatable bonds is 49. The van der Waals surface area contributed by atoms with Crippen molar-refractivity contribution < 1.29 is 89.4 Å². The van der Waals surface area contributed by atoms with Crippen molar-refractivity contribution in [1.82, 2.24) is 5.32 Å². The van der Waals surface area contributed by atoms with Crippen LogP contribution in [0.1, 0.15) is 219 Å². The average molecular weight is 1210 g/mol. The number of amides is 1. The molecule has 0 aromatic rings. The highest BCUT2D eigenvalue weighted by molar-refractivity contribution is 5.76. The lowest BCUT2D eigenvalue weighted by molar-refractivity contribution is -0.379. The number of carbonyl (C=O) groups is 1. The van der Waals surface area contributed by atoms with Gasteiger partial charge in [0.05, 0.1) is 38.6 Å². The molecule has 3 heterocycles. The van der Waals surface area contributed by atoms with E-state index in [2.05, 4.69) is 67.8 Å². The van der Waals surface area contributed by atoms with Gasteiger partial charge in [0.1, 0.15) is 73.2 Å². The first-order valence-corrected chi connectivity index (χ1v) is 33.0. The third kappa shape index (κ3) is 31.2. The van der Waals surface area contributed by atoms with E-state index in [1.807, 2.05) is 6.08 Å². The molecule has 19 heteroatoms. The van der Waals surface area contributed by atoms with Gasteiger partial charge in [-0.25, -0.2) is 0 Å². The molecular weight excluding hydrogens is 1090 g/mol. The molecule has 0 bridgehead atoms. The minimum atomic E-state index is -1.98. The summed E-state index contributed by atoms with van der Waals surface area (Å²) >= 11 is 0. The van der Waals surface area contributed by atoms with E-state index in [-0.39, 0.29) is 18.9 Å². The smallest absolute Gasteiger partial charge is 0.220 e. The number of nitrogens with one attached hydrogen (secondary N) is 1. The van der Waals surface area contributed by atoms with Gasteiger partial charge in [0.2, 0.25) is 5.91 Å². The fourth-order valence-corrected chi connectivity index (χ4v) is 10.9. The highest BCUT2D eigenvalue weighted by Gasteiger charge is 2.53. The lowest BCUT2D eigenvalue weighted by atomic mass is 9.96. The minimum absolute atomic E-state index is 0.222. The molecule has 3 aliphatic rings. The van der Waals surface area contributed by atoms with E-state index in [1.54, 1.807) is 6.08 Å². The highest BCUT2D eigenvalue weighted by Crippen LogP contribution is 2.33. The Bertz CT molecular complexity index is 1780. The molecule has 3 fully saturated rings. The maximum Gasteiger partial charge on any atom is 0.220 e. The molecule has 85 heavy (non-hydrogen) atoms. The first-order chi connectivity index (χ1) is 41.3. The Kier molecular flexibility index (Phi) is 43.7. The van der Waals surface area contributed by atoms with Crippen LogP contribution in [0.3, 0.4) is 0 Å². The molecule has 12 N–H and O–H groups in total. The quantitative estimate of drug-likeness (QED) is 0.0206. The van der Waals surface area contributed by atoms with Gasteiger partial charge in [0.15, 0.2) is 18.9 Å². The maximum atomic E-state index is 13.4. The van der Waals surface area contributed by atoms with Crippen LogP contribution < -0.4 is 5.32 Å². The summed E-state index contributed by atoms with van der Waals surface area (Å²) < 4.78 is 34.3. The van der Waals surface area contributed by atoms with Crippen LogP contribution in [0.2, 0.25) is 0 Å². The number of aliphatic hydroxyl groups excluding tert-OH is 11. The number of hydrogen-bond acceptors (Lipinski definition) is 18. The Labute approximate surface area is 509 Å². The Balaban J connectivity index is 1.48. The molecule has 0 aromatic heterocycles. The first kappa shape index (κ1) is 76.7. The molecule has 0 aromatic carbocycles. The van der Waals surface area contributed by atoms with E-state index in [1.165, 1.54) is 103 Å². The number of unbranched alkanes of at least 4 members (excludes halogenated alkanes) is 25. The second-order valence-electron chi connectivity index (χ2n) is 23.5. The second-order valence-corrected chi connectivity index (χ2v) is 23.5. The molecule has 3 saturated heterocycles. The molecule has 17 unspecified atom stereocenters. The maximum absolute atomic E-state index is 13.4. The van der Waals surface area contributed by atoms with Gasteiger partial charge < -0.3 is 89.9 Å². The third-order valence-electron chi connectivity index (χ3n) is 16.3. The number of ether oxygens (including phenoxy) is 6. The van der Waals surface area contributed by atoms with Gasteiger partial charge in [-0.3, -0.25) is 4.79 Å². The number of allylic oxidation sites excluding steroid dienone is 9. The van der Waals surface area contributed by atoms with E-state index < -0.39 is 124 Å². The van der Waals surface area contributed by atoms with Crippen molar-refractivity contribution in [2.45, 2.75) is 324 Å². The van der Waals surface area contributed by atoms with Gasteiger partial charge in [-0.2, -0.15) is 0 Å². The second kappa shape index (κ2) is 48.4. The molecule has 3 rings (SSSR count). The Hall–Kier alpha value is -2.51. The zero-order chi connectivity index (χ0) is 61.9. The summed E-state index contributed by atoms with van der Waals surface area (Å²) in [7, 11) is 0. The van der Waals surface area contributed by atoms with Crippen LogP contribution in [0.25, 0.3) is 0 Å². The van der Waals surface area contributed by atoms with Crippen LogP contribution in [0, 0.1) is 0 Å². The minimum Gasteiger partial charge on any atom is -0.394 e. The monoisotopic (exact) mass is 1210 g/mol. The zero-order valence-corrected chi connectivity index (χ0v) is 51.8. The molecule has 0 aliphatic carbocycles. The van der Waals surface area contributed by atoms with Crippen molar-refractivity contribution in [2.24, 2.45) is 0 Å². The van der Waals surface area contributed by atoms with Gasteiger partial charge in [0, 0.05) is 6.42 Å². The summed E-state index contributed by atoms with van der Waals surface area (Å²) in [5.74, 6) is -0.297. The van der Waals surface area contributed by atoms with E-state index >= 15 is 0 Å². The molecule has 19 nitrogen and oxygen atoms in total. The molecule has 17 atom stereocenters. The standard InChI is InChI=1S/C66H117NO18/c1-3-5-7-9-11-13-15-17-19-21-22-23-24-25-26-28-29-31-33-35-37-39-41-43-50(71)49(67-54(72)44-42-40-38-36-34-32-30-27-20-18-16-14-12-10-8-6-4-2)48-80-64-60(78)57(75)62(52(46-69)82-64)85-66-61(79)58(76)63(53(47-70)83-66)84-65-59(77)56(74)55(73)51(45-68)81-65/h6,8,12,14,18,20,33,35,41,43,49-53,55-66,68-71,73-79H,3-5,7,9-11,13,15-17,19,21-32,34,36-40,42,44-48H2,1-2H3,(H,67,72)/b8-6-,14-12-,20-18-,35-33+,43-41+. The SMILES string of the molecule is CC/C=C\C/C=C\C/C=C\CCCCCCCCCC(=O)NC(COC1OC(CO)C(OC2OC(CO)C(OC3OC(CO)C(O)C(O)C3O)C(O)C2O)C(O)C1O)C(O)/C=C/CC/C=C/CCCCCCCCCCCCCCCCCCC. The van der Waals surface area contributed by atoms with Crippen molar-refractivity contribution in [3.05, 3.63) is 60.8 Å². The summed E-state index contributed by atoms with van der Waals surface area (Å²) in [5, 5.41) is 120. The van der Waals surface area contributed by atoms with Crippen molar-refractivity contribution >= 4 is 5.91 Å². The van der Waals surface area contributed by atoms with Crippen molar-refractivity contribution in [2.75, 3.05) is 26.4 Å². The molecule has 494 valence electrons. The van der Waals surface area contributed by atoms with E-state index in [0.29, 0.717) is 12.8 Å². The molecule has 0 radical (unpaired) electrons. The average Bonchev–Trinajstić information content (AvgIpc) is 3.10. The van der Waals surface area contributed by atoms with E-state index in [4.69, 9.17) is 28.4 Å². The number of carbonyl (C=O) groups excluding carboxylic acids is 1. The van der Waals surface area contributed by atoms with E-state index in [9.17, 15) is 61.0 Å². The topological polar surface area (TPSA) is 307 Å². The fraction of sp³-hybridized carbons (Fsp3) is 0.833. The van der Waals surface area contributed by atoms with Crippen LogP contribution in [-0.4, -0.2) is 193 Å². The van der Waals surface area contributed by atoms with Gasteiger partial charge >= 0.3 is 0 Å². The lowest BCUT2D eigenvalue weighted by Crippen LogP contribution is -2.66. The van der Waals surface area contributed by atoms with Gasteiger partial charge in [-0.1, -0.05) is 209 Å². The Morgan fingerprint density at radius 1 is 0.435 bits per heavy atom. The van der Waals surface area contributed by atoms with Gasteiger partial charge in [-0.15, -0.1) is 0 Å². The van der Waals surface area contributed by atoms with Crippen LogP contribution in [0.15, 0.2) is 60.8 Å². The Morgan fingerprint density at radius 3 is 1.32 bits per heavy atom. The summed E-state index contributed by atoms with van der Waals surface area (Å²) in [4.78, 5) is 13.4. The first-order valence-electron chi connectivity index (χ1n) is 33.0. The van der Waals surface area contributed by atoms with E-state index in [0.717, 1.165) is 83.5 Å². The number of hydrogen-bond donors (Lipinski definition) is 12. The molecule has 1 amide bonds. The predicted molar refractivity (Wildman–Crippen MR) is 328 cm³/mol. The summed E-state index contributed by atoms with van der Waals surface area (Å²) in [6, 6.07) is -0.998. The summed E-state index contributed by atoms with van der Waals surface area (Å²) in [6.07, 6.45) is 30.6. The Morgan fingerprint density at radius 2 is 0.824 bits per heavy atom. The largest absolute Gasteiger partial charge is 0.394 e. The van der Waals surface area contributed by atoms with Crippen molar-refractivity contribution in [3.63, 3.8) is 0 Å². The summed E-state index contributed by atoms with van der Waals surface area (Å²) in [5.41, 5.74) is 0. The molecular formula is C66H117NO18. The molecule has 3 aliphatic heterocycles. The van der Waals surface area contributed by atoms with Crippen molar-refractivity contribution in [1.29, 1.82) is 0 Å². The highest BCUT2D eigenvalue weighted by atomic mass is 16.8. The normalized spacial score (nSPS) is 29.4. The van der Waals surface area contributed by atoms with Crippen LogP contribution in [0.4, 0.5) is 0 Å². The predicted octanol–water partition coefficient (Wildman–Crippen LogP) is 7.60. The van der Waals surface area contributed by atoms with Crippen LogP contribution >= 0.6 is 0 Å². The van der Waals surface area contributed by atoms with Gasteiger partial charge in [-0.05, 0) is 64.2 Å². The zero-order valence-electron chi connectivity index (χ0n) is 51.8. The molecule has 0 saturated carbocycles. The molecule has 0 spiro atoms. The number of aliphatic hydroxyl groups is 11. The van der Waals surface area contributed by atoms with Crippen molar-refractivity contribution in [3.8, 4) is 0 Å². The fourth-order valence-electron chi connectivity index (χ4n) is 10.9.